The Hall–Kier alpha value is -0.570. The van der Waals surface area contributed by atoms with E-state index in [1.165, 1.54) is 38.5 Å². The molecule has 110 valence electrons. The van der Waals surface area contributed by atoms with Crippen molar-refractivity contribution < 1.29 is 9.90 Å². The van der Waals surface area contributed by atoms with E-state index in [9.17, 15) is 9.90 Å². The Morgan fingerprint density at radius 3 is 2.26 bits per heavy atom. The normalized spacial score (nSPS) is 26.4. The van der Waals surface area contributed by atoms with Crippen LogP contribution in [0.4, 0.5) is 0 Å². The minimum atomic E-state index is -0.629. The highest BCUT2D eigenvalue weighted by atomic mass is 16.4. The van der Waals surface area contributed by atoms with E-state index < -0.39 is 11.4 Å². The van der Waals surface area contributed by atoms with Crippen molar-refractivity contribution in [1.29, 1.82) is 0 Å². The zero-order valence-corrected chi connectivity index (χ0v) is 12.6. The van der Waals surface area contributed by atoms with Gasteiger partial charge < -0.3 is 10.0 Å². The van der Waals surface area contributed by atoms with Gasteiger partial charge in [0.2, 0.25) is 0 Å². The Balaban J connectivity index is 1.88. The van der Waals surface area contributed by atoms with Crippen molar-refractivity contribution >= 4 is 5.97 Å². The van der Waals surface area contributed by atoms with Crippen LogP contribution in [0.25, 0.3) is 0 Å². The van der Waals surface area contributed by atoms with Crippen LogP contribution in [0.5, 0.6) is 0 Å². The second kappa shape index (κ2) is 5.82. The van der Waals surface area contributed by atoms with Gasteiger partial charge in [-0.2, -0.15) is 0 Å². The number of hydrogen-bond donors (Lipinski definition) is 1. The number of rotatable bonds is 5. The van der Waals surface area contributed by atoms with Crippen LogP contribution in [0, 0.1) is 10.8 Å². The first-order valence-corrected chi connectivity index (χ1v) is 7.95. The van der Waals surface area contributed by atoms with Gasteiger partial charge in [0.05, 0.1) is 5.41 Å². The van der Waals surface area contributed by atoms with Crippen molar-refractivity contribution in [3.8, 4) is 0 Å². The fourth-order valence-corrected chi connectivity index (χ4v) is 4.11. The Morgan fingerprint density at radius 2 is 1.79 bits per heavy atom. The lowest BCUT2D eigenvalue weighted by molar-refractivity contribution is -0.150. The highest BCUT2D eigenvalue weighted by Crippen LogP contribution is 2.46. The number of aliphatic carboxylic acids is 1. The van der Waals surface area contributed by atoms with E-state index in [-0.39, 0.29) is 0 Å². The van der Waals surface area contributed by atoms with E-state index in [2.05, 4.69) is 11.8 Å². The smallest absolute Gasteiger partial charge is 0.310 e. The van der Waals surface area contributed by atoms with Crippen molar-refractivity contribution in [2.75, 3.05) is 19.6 Å². The molecule has 1 atom stereocenters. The molecule has 0 bridgehead atoms. The van der Waals surface area contributed by atoms with Gasteiger partial charge >= 0.3 is 5.97 Å². The van der Waals surface area contributed by atoms with E-state index in [4.69, 9.17) is 0 Å². The van der Waals surface area contributed by atoms with Crippen LogP contribution in [0.1, 0.15) is 65.2 Å². The van der Waals surface area contributed by atoms with E-state index in [1.807, 2.05) is 6.92 Å². The maximum Gasteiger partial charge on any atom is 0.310 e. The van der Waals surface area contributed by atoms with Crippen molar-refractivity contribution in [3.63, 3.8) is 0 Å². The van der Waals surface area contributed by atoms with E-state index >= 15 is 0 Å². The highest BCUT2D eigenvalue weighted by molar-refractivity contribution is 5.74. The van der Waals surface area contributed by atoms with Crippen molar-refractivity contribution in [1.82, 2.24) is 4.90 Å². The molecule has 1 aliphatic heterocycles. The third-order valence-corrected chi connectivity index (χ3v) is 5.47. The molecule has 1 heterocycles. The summed E-state index contributed by atoms with van der Waals surface area (Å²) in [5.74, 6) is -0.629. The summed E-state index contributed by atoms with van der Waals surface area (Å²) in [6.07, 6.45) is 9.93. The average molecular weight is 267 g/mol. The number of hydrogen-bond acceptors (Lipinski definition) is 2. The summed E-state index contributed by atoms with van der Waals surface area (Å²) in [4.78, 5) is 13.9. The molecule has 0 amide bonds. The second-order valence-corrected chi connectivity index (χ2v) is 7.10. The first kappa shape index (κ1) is 14.8. The average Bonchev–Trinajstić information content (AvgIpc) is 2.81. The minimum absolute atomic E-state index is 0.561. The molecule has 1 unspecified atom stereocenters. The van der Waals surface area contributed by atoms with E-state index in [0.29, 0.717) is 5.41 Å². The van der Waals surface area contributed by atoms with Gasteiger partial charge in [0.1, 0.15) is 0 Å². The number of carboxylic acid groups (broad SMARTS) is 1. The molecular weight excluding hydrogens is 238 g/mol. The summed E-state index contributed by atoms with van der Waals surface area (Å²) in [6.45, 7) is 6.93. The molecule has 1 aliphatic carbocycles. The van der Waals surface area contributed by atoms with E-state index in [1.54, 1.807) is 0 Å². The van der Waals surface area contributed by atoms with E-state index in [0.717, 1.165) is 32.5 Å². The minimum Gasteiger partial charge on any atom is -0.481 e. The molecule has 0 aromatic carbocycles. The Bertz CT molecular complexity index is 313. The Morgan fingerprint density at radius 1 is 1.21 bits per heavy atom. The van der Waals surface area contributed by atoms with Crippen LogP contribution < -0.4 is 0 Å². The summed E-state index contributed by atoms with van der Waals surface area (Å²) in [5.41, 5.74) is 0.0653. The standard InChI is InChI=1S/C16H29NO2/c1-3-6-15(2,14(18)19)13-17-11-9-16(10-12-17)7-4-5-8-16/h3-13H2,1-2H3,(H,18,19). The van der Waals surface area contributed by atoms with Crippen LogP contribution >= 0.6 is 0 Å². The van der Waals surface area contributed by atoms with Gasteiger partial charge in [-0.15, -0.1) is 0 Å². The van der Waals surface area contributed by atoms with Crippen molar-refractivity contribution in [2.45, 2.75) is 65.2 Å². The third-order valence-electron chi connectivity index (χ3n) is 5.47. The van der Waals surface area contributed by atoms with Crippen LogP contribution in [0.15, 0.2) is 0 Å². The zero-order valence-electron chi connectivity index (χ0n) is 12.6. The number of likely N-dealkylation sites (tertiary alicyclic amines) is 1. The highest BCUT2D eigenvalue weighted by Gasteiger charge is 2.40. The molecule has 0 radical (unpaired) electrons. The molecule has 2 fully saturated rings. The molecule has 0 aromatic rings. The molecule has 1 spiro atoms. The Kier molecular flexibility index (Phi) is 4.54. The maximum atomic E-state index is 11.5. The van der Waals surface area contributed by atoms with Crippen molar-refractivity contribution in [3.05, 3.63) is 0 Å². The molecule has 2 rings (SSSR count). The van der Waals surface area contributed by atoms with Crippen LogP contribution in [-0.4, -0.2) is 35.6 Å². The summed E-state index contributed by atoms with van der Waals surface area (Å²) in [7, 11) is 0. The van der Waals surface area contributed by atoms with Gasteiger partial charge in [-0.25, -0.2) is 0 Å². The SMILES string of the molecule is CCCC(C)(CN1CCC2(CCCC2)CC1)C(=O)O. The van der Waals surface area contributed by atoms with Crippen molar-refractivity contribution in [2.24, 2.45) is 10.8 Å². The van der Waals surface area contributed by atoms with Crippen LogP contribution in [-0.2, 0) is 4.79 Å². The fraction of sp³-hybridized carbons (Fsp3) is 0.938. The lowest BCUT2D eigenvalue weighted by Gasteiger charge is -2.42. The molecule has 0 aromatic heterocycles. The van der Waals surface area contributed by atoms with Crippen LogP contribution in [0.2, 0.25) is 0 Å². The molecule has 1 saturated heterocycles. The van der Waals surface area contributed by atoms with Crippen LogP contribution in [0.3, 0.4) is 0 Å². The fourth-order valence-electron chi connectivity index (χ4n) is 4.11. The lowest BCUT2D eigenvalue weighted by atomic mass is 9.76. The van der Waals surface area contributed by atoms with Gasteiger partial charge in [-0.3, -0.25) is 4.79 Å². The zero-order chi connectivity index (χ0) is 13.9. The third kappa shape index (κ3) is 3.31. The van der Waals surface area contributed by atoms with Gasteiger partial charge in [0.25, 0.3) is 0 Å². The predicted octanol–water partition coefficient (Wildman–Crippen LogP) is 3.53. The topological polar surface area (TPSA) is 40.5 Å². The predicted molar refractivity (Wildman–Crippen MR) is 77.2 cm³/mol. The summed E-state index contributed by atoms with van der Waals surface area (Å²) >= 11 is 0. The first-order chi connectivity index (χ1) is 9.00. The molecule has 3 heteroatoms. The molecule has 1 N–H and O–H groups in total. The van der Waals surface area contributed by atoms with Gasteiger partial charge in [0, 0.05) is 6.54 Å². The Labute approximate surface area is 117 Å². The quantitative estimate of drug-likeness (QED) is 0.828. The molecule has 3 nitrogen and oxygen atoms in total. The van der Waals surface area contributed by atoms with Gasteiger partial charge in [0.15, 0.2) is 0 Å². The summed E-state index contributed by atoms with van der Waals surface area (Å²) in [6, 6.07) is 0. The number of nitrogens with zero attached hydrogens (tertiary/aromatic N) is 1. The lowest BCUT2D eigenvalue weighted by Crippen LogP contribution is -2.46. The molecular formula is C16H29NO2. The summed E-state index contributed by atoms with van der Waals surface area (Å²) < 4.78 is 0. The van der Waals surface area contributed by atoms with Gasteiger partial charge in [-0.1, -0.05) is 26.2 Å². The maximum absolute atomic E-state index is 11.5. The first-order valence-electron chi connectivity index (χ1n) is 7.95. The summed E-state index contributed by atoms with van der Waals surface area (Å²) in [5, 5.41) is 9.47. The molecule has 2 aliphatic rings. The number of carboxylic acids is 1. The monoisotopic (exact) mass is 267 g/mol. The molecule has 19 heavy (non-hydrogen) atoms. The largest absolute Gasteiger partial charge is 0.481 e. The second-order valence-electron chi connectivity index (χ2n) is 7.10. The number of carbonyl (C=O) groups is 1. The number of piperidine rings is 1. The van der Waals surface area contributed by atoms with Gasteiger partial charge in [-0.05, 0) is 57.5 Å². The molecule has 1 saturated carbocycles.